The van der Waals surface area contributed by atoms with Crippen molar-refractivity contribution in [2.24, 2.45) is 0 Å². The van der Waals surface area contributed by atoms with Gasteiger partial charge in [-0.05, 0) is 70.6 Å². The molecule has 0 aromatic heterocycles. The molecular weight excluding hydrogens is 661 g/mol. The highest BCUT2D eigenvalue weighted by Gasteiger charge is 2.19. The molecule has 1 unspecified atom stereocenters. The van der Waals surface area contributed by atoms with E-state index in [1.54, 1.807) is 0 Å². The van der Waals surface area contributed by atoms with Crippen LogP contribution >= 0.6 is 0 Å². The zero-order valence-electron chi connectivity index (χ0n) is 34.8. The molecule has 0 aromatic carbocycles. The quantitative estimate of drug-likeness (QED) is 0.0270. The van der Waals surface area contributed by atoms with Crippen LogP contribution in [0.5, 0.6) is 0 Å². The predicted molar refractivity (Wildman–Crippen MR) is 224 cm³/mol. The summed E-state index contributed by atoms with van der Waals surface area (Å²) >= 11 is 0. The summed E-state index contributed by atoms with van der Waals surface area (Å²) in [5.74, 6) is -0.920. The van der Waals surface area contributed by atoms with E-state index in [-0.39, 0.29) is 31.1 Å². The number of hydrogen-bond donors (Lipinski definition) is 0. The molecule has 6 heteroatoms. The lowest BCUT2D eigenvalue weighted by Crippen LogP contribution is -2.30. The summed E-state index contributed by atoms with van der Waals surface area (Å²) in [7, 11) is 0. The van der Waals surface area contributed by atoms with Gasteiger partial charge in [0, 0.05) is 19.3 Å². The zero-order valence-corrected chi connectivity index (χ0v) is 34.8. The lowest BCUT2D eigenvalue weighted by molar-refractivity contribution is -0.167. The van der Waals surface area contributed by atoms with Gasteiger partial charge in [-0.2, -0.15) is 0 Å². The molecule has 0 saturated carbocycles. The molecule has 0 bridgehead atoms. The van der Waals surface area contributed by atoms with E-state index >= 15 is 0 Å². The van der Waals surface area contributed by atoms with Crippen molar-refractivity contribution in [2.45, 2.75) is 219 Å². The van der Waals surface area contributed by atoms with Crippen molar-refractivity contribution in [1.29, 1.82) is 0 Å². The molecule has 306 valence electrons. The number of esters is 3. The van der Waals surface area contributed by atoms with E-state index in [2.05, 4.69) is 69.4 Å². The van der Waals surface area contributed by atoms with Crippen molar-refractivity contribution in [2.75, 3.05) is 13.2 Å². The number of hydrogen-bond acceptors (Lipinski definition) is 6. The standard InChI is InChI=1S/C47H82O6/c1-4-7-10-13-16-19-22-23-24-26-28-31-34-37-40-46(49)52-43-44(42-51-45(48)39-36-33-30-27-21-18-15-12-9-6-3)53-47(50)41-38-35-32-29-25-20-17-14-11-8-5-2/h7,10,14,16-17,19,23-24,44H,4-6,8-9,11-13,15,18,20-22,25-43H2,1-3H3/b10-7-,17-14-,19-16-,24-23-. The van der Waals surface area contributed by atoms with Crippen LogP contribution in [0.4, 0.5) is 0 Å². The average molecular weight is 743 g/mol. The van der Waals surface area contributed by atoms with Crippen LogP contribution in [0.3, 0.4) is 0 Å². The van der Waals surface area contributed by atoms with Crippen LogP contribution in [0.25, 0.3) is 0 Å². The summed E-state index contributed by atoms with van der Waals surface area (Å²) in [4.78, 5) is 37.6. The van der Waals surface area contributed by atoms with Gasteiger partial charge in [0.2, 0.25) is 0 Å². The van der Waals surface area contributed by atoms with Crippen molar-refractivity contribution < 1.29 is 28.6 Å². The van der Waals surface area contributed by atoms with Crippen LogP contribution in [0.1, 0.15) is 213 Å². The van der Waals surface area contributed by atoms with Gasteiger partial charge in [-0.3, -0.25) is 14.4 Å². The minimum atomic E-state index is -0.781. The number of rotatable bonds is 39. The maximum atomic E-state index is 12.7. The maximum Gasteiger partial charge on any atom is 0.306 e. The first kappa shape index (κ1) is 50.4. The largest absolute Gasteiger partial charge is 0.462 e. The molecule has 6 nitrogen and oxygen atoms in total. The summed E-state index contributed by atoms with van der Waals surface area (Å²) in [6.07, 6.45) is 48.0. The summed E-state index contributed by atoms with van der Waals surface area (Å²) in [5, 5.41) is 0. The van der Waals surface area contributed by atoms with Gasteiger partial charge in [0.05, 0.1) is 0 Å². The van der Waals surface area contributed by atoms with Crippen LogP contribution in [-0.4, -0.2) is 37.2 Å². The fourth-order valence-corrected chi connectivity index (χ4v) is 5.97. The zero-order chi connectivity index (χ0) is 38.7. The third kappa shape index (κ3) is 40.4. The van der Waals surface area contributed by atoms with Gasteiger partial charge in [0.1, 0.15) is 13.2 Å². The predicted octanol–water partition coefficient (Wildman–Crippen LogP) is 14.0. The van der Waals surface area contributed by atoms with Gasteiger partial charge in [-0.15, -0.1) is 0 Å². The molecular formula is C47H82O6. The third-order valence-corrected chi connectivity index (χ3v) is 9.32. The fraction of sp³-hybridized carbons (Fsp3) is 0.766. The Kier molecular flexibility index (Phi) is 40.0. The fourth-order valence-electron chi connectivity index (χ4n) is 5.97. The summed E-state index contributed by atoms with van der Waals surface area (Å²) < 4.78 is 16.6. The Morgan fingerprint density at radius 1 is 0.396 bits per heavy atom. The van der Waals surface area contributed by atoms with Crippen molar-refractivity contribution >= 4 is 17.9 Å². The molecule has 53 heavy (non-hydrogen) atoms. The van der Waals surface area contributed by atoms with E-state index in [1.165, 1.54) is 70.6 Å². The number of carbonyl (C=O) groups is 3. The van der Waals surface area contributed by atoms with Crippen LogP contribution < -0.4 is 0 Å². The first-order chi connectivity index (χ1) is 26.0. The Balaban J connectivity index is 4.41. The Hall–Kier alpha value is -2.63. The molecule has 0 saturated heterocycles. The molecule has 0 radical (unpaired) electrons. The van der Waals surface area contributed by atoms with Gasteiger partial charge in [0.25, 0.3) is 0 Å². The average Bonchev–Trinajstić information content (AvgIpc) is 3.15. The molecule has 0 fully saturated rings. The van der Waals surface area contributed by atoms with Crippen molar-refractivity contribution in [3.8, 4) is 0 Å². The molecule has 0 N–H and O–H groups in total. The highest BCUT2D eigenvalue weighted by Crippen LogP contribution is 2.13. The van der Waals surface area contributed by atoms with Crippen LogP contribution in [0.2, 0.25) is 0 Å². The van der Waals surface area contributed by atoms with Crippen molar-refractivity contribution in [3.05, 3.63) is 48.6 Å². The van der Waals surface area contributed by atoms with Crippen molar-refractivity contribution in [1.82, 2.24) is 0 Å². The molecule has 0 spiro atoms. The molecule has 0 aliphatic rings. The summed E-state index contributed by atoms with van der Waals surface area (Å²) in [6.45, 7) is 6.43. The maximum absolute atomic E-state index is 12.7. The summed E-state index contributed by atoms with van der Waals surface area (Å²) in [6, 6.07) is 0. The second-order valence-electron chi connectivity index (χ2n) is 14.6. The minimum Gasteiger partial charge on any atom is -0.462 e. The van der Waals surface area contributed by atoms with Gasteiger partial charge in [-0.1, -0.05) is 172 Å². The van der Waals surface area contributed by atoms with E-state index in [1.807, 2.05) is 0 Å². The van der Waals surface area contributed by atoms with Crippen LogP contribution in [0.15, 0.2) is 48.6 Å². The topological polar surface area (TPSA) is 78.9 Å². The van der Waals surface area contributed by atoms with E-state index in [4.69, 9.17) is 14.2 Å². The normalized spacial score (nSPS) is 12.4. The third-order valence-electron chi connectivity index (χ3n) is 9.32. The van der Waals surface area contributed by atoms with E-state index in [9.17, 15) is 14.4 Å². The molecule has 0 rings (SSSR count). The summed E-state index contributed by atoms with van der Waals surface area (Å²) in [5.41, 5.74) is 0. The van der Waals surface area contributed by atoms with Gasteiger partial charge in [0.15, 0.2) is 6.10 Å². The smallest absolute Gasteiger partial charge is 0.306 e. The monoisotopic (exact) mass is 743 g/mol. The van der Waals surface area contributed by atoms with Crippen LogP contribution in [-0.2, 0) is 28.6 Å². The highest BCUT2D eigenvalue weighted by atomic mass is 16.6. The van der Waals surface area contributed by atoms with Crippen molar-refractivity contribution in [3.63, 3.8) is 0 Å². The van der Waals surface area contributed by atoms with E-state index < -0.39 is 6.10 Å². The Bertz CT molecular complexity index is 949. The Labute approximate surface area is 327 Å². The molecule has 0 heterocycles. The molecule has 0 amide bonds. The second-order valence-corrected chi connectivity index (χ2v) is 14.6. The van der Waals surface area contributed by atoms with E-state index in [0.29, 0.717) is 19.3 Å². The first-order valence-corrected chi connectivity index (χ1v) is 22.1. The number of allylic oxidation sites excluding steroid dienone is 8. The molecule has 0 aliphatic carbocycles. The Morgan fingerprint density at radius 2 is 0.755 bits per heavy atom. The van der Waals surface area contributed by atoms with E-state index in [0.717, 1.165) is 103 Å². The lowest BCUT2D eigenvalue weighted by Gasteiger charge is -2.18. The SMILES string of the molecule is CC/C=C\C/C=C\C/C=C\CCCCCCC(=O)OCC(COC(=O)CCCCCCCCCCCC)OC(=O)CCCCCCC/C=C\CCCC. The van der Waals surface area contributed by atoms with Gasteiger partial charge >= 0.3 is 17.9 Å². The van der Waals surface area contributed by atoms with Crippen LogP contribution in [0, 0.1) is 0 Å². The van der Waals surface area contributed by atoms with Gasteiger partial charge in [-0.25, -0.2) is 0 Å². The number of carbonyl (C=O) groups excluding carboxylic acids is 3. The highest BCUT2D eigenvalue weighted by molar-refractivity contribution is 5.71. The number of unbranched alkanes of at least 4 members (excludes halogenated alkanes) is 20. The lowest BCUT2D eigenvalue weighted by atomic mass is 10.1. The number of ether oxygens (including phenoxy) is 3. The minimum absolute atomic E-state index is 0.0827. The molecule has 0 aliphatic heterocycles. The molecule has 1 atom stereocenters. The first-order valence-electron chi connectivity index (χ1n) is 22.1. The molecule has 0 aromatic rings. The van der Waals surface area contributed by atoms with Gasteiger partial charge < -0.3 is 14.2 Å². The Morgan fingerprint density at radius 3 is 1.23 bits per heavy atom. The second kappa shape index (κ2) is 42.1.